The number of pyridine rings is 1. The molecule has 20 heavy (non-hydrogen) atoms. The van der Waals surface area contributed by atoms with Gasteiger partial charge in [-0.05, 0) is 12.1 Å². The summed E-state index contributed by atoms with van der Waals surface area (Å²) in [5.41, 5.74) is -0.280. The Balaban J connectivity index is 2.12. The number of aldehydes is 1. The maximum absolute atomic E-state index is 13.8. The molecule has 0 aliphatic carbocycles. The molecule has 0 spiro atoms. The SMILES string of the molecule is O=Cc1ccc(OCc2cccc([N+](=O)[O-])c2F)cn1. The molecule has 2 rings (SSSR count). The van der Waals surface area contributed by atoms with Crippen LogP contribution in [0.4, 0.5) is 10.1 Å². The van der Waals surface area contributed by atoms with Crippen molar-refractivity contribution in [3.63, 3.8) is 0 Å². The summed E-state index contributed by atoms with van der Waals surface area (Å²) in [5.74, 6) is -0.587. The first-order valence-electron chi connectivity index (χ1n) is 5.57. The number of nitro groups is 1. The minimum atomic E-state index is -0.921. The zero-order valence-corrected chi connectivity index (χ0v) is 10.2. The quantitative estimate of drug-likeness (QED) is 0.476. The van der Waals surface area contributed by atoms with Crippen LogP contribution in [0.3, 0.4) is 0 Å². The first kappa shape index (κ1) is 13.6. The smallest absolute Gasteiger partial charge is 0.305 e. The lowest BCUT2D eigenvalue weighted by Crippen LogP contribution is -2.02. The number of rotatable bonds is 5. The van der Waals surface area contributed by atoms with Crippen LogP contribution in [-0.4, -0.2) is 16.2 Å². The molecule has 1 heterocycles. The van der Waals surface area contributed by atoms with E-state index in [-0.39, 0.29) is 17.9 Å². The lowest BCUT2D eigenvalue weighted by atomic mass is 10.2. The topological polar surface area (TPSA) is 82.3 Å². The fourth-order valence-corrected chi connectivity index (χ4v) is 1.53. The lowest BCUT2D eigenvalue weighted by molar-refractivity contribution is -0.387. The maximum atomic E-state index is 13.8. The van der Waals surface area contributed by atoms with E-state index >= 15 is 0 Å². The van der Waals surface area contributed by atoms with Gasteiger partial charge in [-0.1, -0.05) is 12.1 Å². The zero-order valence-electron chi connectivity index (χ0n) is 10.2. The minimum absolute atomic E-state index is 0.0682. The second-order valence-corrected chi connectivity index (χ2v) is 3.83. The summed E-state index contributed by atoms with van der Waals surface area (Å²) in [6.45, 7) is -0.171. The van der Waals surface area contributed by atoms with Crippen LogP contribution in [0.25, 0.3) is 0 Å². The molecule has 6 nitrogen and oxygen atoms in total. The van der Waals surface area contributed by atoms with Gasteiger partial charge >= 0.3 is 5.69 Å². The van der Waals surface area contributed by atoms with Crippen molar-refractivity contribution in [3.05, 3.63) is 63.7 Å². The normalized spacial score (nSPS) is 10.1. The van der Waals surface area contributed by atoms with Gasteiger partial charge in [0.1, 0.15) is 18.1 Å². The van der Waals surface area contributed by atoms with E-state index in [9.17, 15) is 19.3 Å². The molecule has 0 amide bonds. The summed E-state index contributed by atoms with van der Waals surface area (Å²) in [6, 6.07) is 6.82. The molecule has 102 valence electrons. The summed E-state index contributed by atoms with van der Waals surface area (Å²) in [4.78, 5) is 24.0. The van der Waals surface area contributed by atoms with Crippen LogP contribution >= 0.6 is 0 Å². The molecule has 0 aliphatic rings. The second-order valence-electron chi connectivity index (χ2n) is 3.83. The molecular formula is C13H9FN2O4. The van der Waals surface area contributed by atoms with Crippen LogP contribution in [0.2, 0.25) is 0 Å². The number of hydrogen-bond donors (Lipinski definition) is 0. The number of nitrogens with zero attached hydrogens (tertiary/aromatic N) is 2. The van der Waals surface area contributed by atoms with Crippen molar-refractivity contribution >= 4 is 12.0 Å². The van der Waals surface area contributed by atoms with Gasteiger partial charge in [-0.15, -0.1) is 0 Å². The van der Waals surface area contributed by atoms with Gasteiger partial charge in [-0.2, -0.15) is 4.39 Å². The van der Waals surface area contributed by atoms with Crippen LogP contribution in [0.15, 0.2) is 36.5 Å². The highest BCUT2D eigenvalue weighted by atomic mass is 19.1. The number of nitro benzene ring substituents is 1. The van der Waals surface area contributed by atoms with Gasteiger partial charge in [0.05, 0.1) is 11.1 Å². The monoisotopic (exact) mass is 276 g/mol. The molecule has 0 atom stereocenters. The minimum Gasteiger partial charge on any atom is -0.487 e. The average Bonchev–Trinajstić information content (AvgIpc) is 2.46. The Morgan fingerprint density at radius 2 is 2.15 bits per heavy atom. The van der Waals surface area contributed by atoms with E-state index in [1.54, 1.807) is 0 Å². The van der Waals surface area contributed by atoms with Crippen molar-refractivity contribution in [2.45, 2.75) is 6.61 Å². The standard InChI is InChI=1S/C13H9FN2O4/c14-13-9(2-1-3-12(13)16(18)19)8-20-11-5-4-10(7-17)15-6-11/h1-7H,8H2. The molecule has 0 unspecified atom stereocenters. The van der Waals surface area contributed by atoms with Crippen molar-refractivity contribution in [1.29, 1.82) is 0 Å². The van der Waals surface area contributed by atoms with Crippen molar-refractivity contribution in [3.8, 4) is 5.75 Å². The van der Waals surface area contributed by atoms with Gasteiger partial charge in [0.25, 0.3) is 0 Å². The van der Waals surface area contributed by atoms with E-state index in [1.165, 1.54) is 30.5 Å². The molecule has 2 aromatic rings. The third-order valence-corrected chi connectivity index (χ3v) is 2.53. The highest BCUT2D eigenvalue weighted by molar-refractivity contribution is 5.71. The summed E-state index contributed by atoms with van der Waals surface area (Å²) in [6.07, 6.45) is 1.91. The highest BCUT2D eigenvalue weighted by Crippen LogP contribution is 2.21. The van der Waals surface area contributed by atoms with Crippen molar-refractivity contribution < 1.29 is 18.8 Å². The van der Waals surface area contributed by atoms with Crippen molar-refractivity contribution in [2.75, 3.05) is 0 Å². The third-order valence-electron chi connectivity index (χ3n) is 2.53. The van der Waals surface area contributed by atoms with Crippen LogP contribution in [-0.2, 0) is 6.61 Å². The molecule has 0 fully saturated rings. The van der Waals surface area contributed by atoms with E-state index in [0.717, 1.165) is 6.07 Å². The Morgan fingerprint density at radius 1 is 1.35 bits per heavy atom. The van der Waals surface area contributed by atoms with E-state index in [1.807, 2.05) is 0 Å². The van der Waals surface area contributed by atoms with Crippen LogP contribution in [0.5, 0.6) is 5.75 Å². The summed E-state index contributed by atoms with van der Waals surface area (Å²) >= 11 is 0. The zero-order chi connectivity index (χ0) is 14.5. The summed E-state index contributed by atoms with van der Waals surface area (Å²) in [5, 5.41) is 10.6. The Labute approximate surface area is 113 Å². The predicted octanol–water partition coefficient (Wildman–Crippen LogP) is 2.52. The van der Waals surface area contributed by atoms with Crippen LogP contribution in [0.1, 0.15) is 16.1 Å². The molecule has 0 aliphatic heterocycles. The molecule has 0 saturated heterocycles. The fourth-order valence-electron chi connectivity index (χ4n) is 1.53. The molecule has 7 heteroatoms. The molecule has 1 aromatic carbocycles. The first-order valence-corrected chi connectivity index (χ1v) is 5.57. The predicted molar refractivity (Wildman–Crippen MR) is 67.0 cm³/mol. The van der Waals surface area contributed by atoms with Gasteiger partial charge < -0.3 is 4.74 Å². The van der Waals surface area contributed by atoms with E-state index in [2.05, 4.69) is 4.98 Å². The van der Waals surface area contributed by atoms with E-state index in [4.69, 9.17) is 4.74 Å². The number of halogens is 1. The molecule has 0 saturated carbocycles. The lowest BCUT2D eigenvalue weighted by Gasteiger charge is -2.06. The Morgan fingerprint density at radius 3 is 2.75 bits per heavy atom. The second kappa shape index (κ2) is 5.87. The average molecular weight is 276 g/mol. The van der Waals surface area contributed by atoms with Gasteiger partial charge in [0.15, 0.2) is 6.29 Å². The number of carbonyl (C=O) groups excluding carboxylic acids is 1. The molecule has 0 bridgehead atoms. The number of ether oxygens (including phenoxy) is 1. The highest BCUT2D eigenvalue weighted by Gasteiger charge is 2.17. The third kappa shape index (κ3) is 2.94. The fraction of sp³-hybridized carbons (Fsp3) is 0.0769. The molecular weight excluding hydrogens is 267 g/mol. The summed E-state index contributed by atoms with van der Waals surface area (Å²) in [7, 11) is 0. The van der Waals surface area contributed by atoms with Gasteiger partial charge in [-0.3, -0.25) is 14.9 Å². The Bertz CT molecular complexity index is 643. The largest absolute Gasteiger partial charge is 0.487 e. The van der Waals surface area contributed by atoms with Gasteiger partial charge in [0, 0.05) is 11.6 Å². The van der Waals surface area contributed by atoms with Crippen molar-refractivity contribution in [1.82, 2.24) is 4.98 Å². The maximum Gasteiger partial charge on any atom is 0.305 e. The number of aromatic nitrogens is 1. The molecule has 0 radical (unpaired) electrons. The Hall–Kier alpha value is -2.83. The first-order chi connectivity index (χ1) is 9.61. The molecule has 1 aromatic heterocycles. The van der Waals surface area contributed by atoms with Crippen molar-refractivity contribution in [2.24, 2.45) is 0 Å². The number of benzene rings is 1. The van der Waals surface area contributed by atoms with E-state index in [0.29, 0.717) is 12.0 Å². The van der Waals surface area contributed by atoms with Crippen LogP contribution < -0.4 is 4.74 Å². The molecule has 0 N–H and O–H groups in total. The Kier molecular flexibility index (Phi) is 3.99. The van der Waals surface area contributed by atoms with Gasteiger partial charge in [0.2, 0.25) is 5.82 Å². The number of carbonyl (C=O) groups is 1. The van der Waals surface area contributed by atoms with Gasteiger partial charge in [-0.25, -0.2) is 4.98 Å². The summed E-state index contributed by atoms with van der Waals surface area (Å²) < 4.78 is 19.0. The number of hydrogen-bond acceptors (Lipinski definition) is 5. The van der Waals surface area contributed by atoms with E-state index < -0.39 is 16.4 Å². The van der Waals surface area contributed by atoms with Crippen LogP contribution in [0, 0.1) is 15.9 Å².